The molecule has 0 aliphatic heterocycles. The lowest BCUT2D eigenvalue weighted by molar-refractivity contribution is 0.354. The number of thiol groups is 1. The van der Waals surface area contributed by atoms with Crippen molar-refractivity contribution in [3.8, 4) is 11.5 Å². The summed E-state index contributed by atoms with van der Waals surface area (Å²) in [4.78, 5) is 0.864. The van der Waals surface area contributed by atoms with Crippen LogP contribution in [0.1, 0.15) is 13.8 Å². The third kappa shape index (κ3) is 3.59. The van der Waals surface area contributed by atoms with Crippen LogP contribution in [0.2, 0.25) is 0 Å². The molecule has 0 saturated carbocycles. The average molecular weight is 200 g/mol. The molecule has 0 N–H and O–H groups in total. The molecule has 0 spiro atoms. The van der Waals surface area contributed by atoms with Crippen molar-refractivity contribution in [3.63, 3.8) is 0 Å². The minimum absolute atomic E-state index is 0.708. The maximum Gasteiger partial charge on any atom is 0.161 e. The van der Waals surface area contributed by atoms with Gasteiger partial charge in [-0.2, -0.15) is 0 Å². The van der Waals surface area contributed by atoms with Crippen molar-refractivity contribution < 1.29 is 9.47 Å². The first-order chi connectivity index (χ1) is 6.27. The standard InChI is InChI=1S/C8H10O2S.C2H6/c1-9-7-4-3-6(11)5-8(7)10-2;1-2/h3-5,11H,1-2H3;1-2H3. The van der Waals surface area contributed by atoms with Crippen LogP contribution in [0.4, 0.5) is 0 Å². The van der Waals surface area contributed by atoms with Crippen molar-refractivity contribution in [1.82, 2.24) is 0 Å². The largest absolute Gasteiger partial charge is 0.493 e. The summed E-state index contributed by atoms with van der Waals surface area (Å²) >= 11 is 4.16. The minimum atomic E-state index is 0.708. The zero-order valence-electron chi connectivity index (χ0n) is 8.50. The fourth-order valence-electron chi connectivity index (χ4n) is 0.825. The molecule has 0 aliphatic carbocycles. The first kappa shape index (κ1) is 12.2. The summed E-state index contributed by atoms with van der Waals surface area (Å²) in [6.07, 6.45) is 0. The number of ether oxygens (including phenoxy) is 2. The molecular weight excluding hydrogens is 184 g/mol. The second-order valence-electron chi connectivity index (χ2n) is 2.04. The molecule has 0 bridgehead atoms. The van der Waals surface area contributed by atoms with Gasteiger partial charge in [-0.25, -0.2) is 0 Å². The van der Waals surface area contributed by atoms with E-state index in [1.807, 2.05) is 32.0 Å². The molecule has 13 heavy (non-hydrogen) atoms. The summed E-state index contributed by atoms with van der Waals surface area (Å²) in [6, 6.07) is 5.48. The SMILES string of the molecule is CC.COc1ccc(S)cc1OC. The van der Waals surface area contributed by atoms with E-state index in [0.29, 0.717) is 5.75 Å². The zero-order valence-corrected chi connectivity index (χ0v) is 9.39. The van der Waals surface area contributed by atoms with Gasteiger partial charge < -0.3 is 9.47 Å². The van der Waals surface area contributed by atoms with E-state index in [1.165, 1.54) is 0 Å². The van der Waals surface area contributed by atoms with Crippen LogP contribution < -0.4 is 9.47 Å². The van der Waals surface area contributed by atoms with Gasteiger partial charge in [0.2, 0.25) is 0 Å². The number of hydrogen-bond donors (Lipinski definition) is 1. The van der Waals surface area contributed by atoms with Crippen LogP contribution in [0.3, 0.4) is 0 Å². The highest BCUT2D eigenvalue weighted by Gasteiger charge is 2.01. The lowest BCUT2D eigenvalue weighted by Gasteiger charge is -2.06. The van der Waals surface area contributed by atoms with Gasteiger partial charge in [-0.3, -0.25) is 0 Å². The molecule has 74 valence electrons. The van der Waals surface area contributed by atoms with Crippen LogP contribution >= 0.6 is 12.6 Å². The molecule has 0 fully saturated rings. The van der Waals surface area contributed by atoms with Crippen LogP contribution in [0, 0.1) is 0 Å². The lowest BCUT2D eigenvalue weighted by Crippen LogP contribution is -1.89. The van der Waals surface area contributed by atoms with Gasteiger partial charge in [0.05, 0.1) is 14.2 Å². The first-order valence-corrected chi connectivity index (χ1v) is 4.63. The Morgan fingerprint density at radius 1 is 1.00 bits per heavy atom. The van der Waals surface area contributed by atoms with Gasteiger partial charge in [-0.15, -0.1) is 12.6 Å². The van der Waals surface area contributed by atoms with Crippen LogP contribution in [0.5, 0.6) is 11.5 Å². The van der Waals surface area contributed by atoms with Crippen molar-refractivity contribution in [2.24, 2.45) is 0 Å². The van der Waals surface area contributed by atoms with Crippen LogP contribution in [-0.4, -0.2) is 14.2 Å². The Hall–Kier alpha value is -0.830. The predicted molar refractivity (Wildman–Crippen MR) is 58.1 cm³/mol. The van der Waals surface area contributed by atoms with Crippen LogP contribution in [0.25, 0.3) is 0 Å². The summed E-state index contributed by atoms with van der Waals surface area (Å²) in [6.45, 7) is 4.00. The van der Waals surface area contributed by atoms with E-state index in [4.69, 9.17) is 9.47 Å². The lowest BCUT2D eigenvalue weighted by atomic mass is 10.3. The summed E-state index contributed by atoms with van der Waals surface area (Å²) in [7, 11) is 3.21. The Morgan fingerprint density at radius 3 is 2.00 bits per heavy atom. The normalized spacial score (nSPS) is 8.38. The van der Waals surface area contributed by atoms with Gasteiger partial charge in [0.1, 0.15) is 0 Å². The van der Waals surface area contributed by atoms with E-state index < -0.39 is 0 Å². The molecular formula is C10H16O2S. The molecule has 0 heterocycles. The third-order valence-electron chi connectivity index (χ3n) is 1.37. The maximum absolute atomic E-state index is 5.04. The molecule has 0 radical (unpaired) electrons. The third-order valence-corrected chi connectivity index (χ3v) is 1.65. The van der Waals surface area contributed by atoms with Gasteiger partial charge in [-0.1, -0.05) is 13.8 Å². The smallest absolute Gasteiger partial charge is 0.161 e. The summed E-state index contributed by atoms with van der Waals surface area (Å²) in [5.41, 5.74) is 0. The van der Waals surface area contributed by atoms with Crippen LogP contribution in [0.15, 0.2) is 23.1 Å². The average Bonchev–Trinajstić information content (AvgIpc) is 2.20. The van der Waals surface area contributed by atoms with Crippen molar-refractivity contribution >= 4 is 12.6 Å². The zero-order chi connectivity index (χ0) is 10.3. The monoisotopic (exact) mass is 200 g/mol. The maximum atomic E-state index is 5.04. The molecule has 0 amide bonds. The second-order valence-corrected chi connectivity index (χ2v) is 2.56. The van der Waals surface area contributed by atoms with Crippen molar-refractivity contribution in [2.75, 3.05) is 14.2 Å². The minimum Gasteiger partial charge on any atom is -0.493 e. The Labute approximate surface area is 85.3 Å². The molecule has 0 aromatic heterocycles. The fourth-order valence-corrected chi connectivity index (χ4v) is 1.02. The molecule has 0 atom stereocenters. The van der Waals surface area contributed by atoms with E-state index in [0.717, 1.165) is 10.6 Å². The van der Waals surface area contributed by atoms with Gasteiger partial charge >= 0.3 is 0 Å². The van der Waals surface area contributed by atoms with Crippen molar-refractivity contribution in [1.29, 1.82) is 0 Å². The van der Waals surface area contributed by atoms with E-state index in [9.17, 15) is 0 Å². The number of benzene rings is 1. The van der Waals surface area contributed by atoms with E-state index in [2.05, 4.69) is 12.6 Å². The molecule has 1 rings (SSSR count). The molecule has 2 nitrogen and oxygen atoms in total. The molecule has 0 unspecified atom stereocenters. The molecule has 3 heteroatoms. The predicted octanol–water partition coefficient (Wildman–Crippen LogP) is 3.02. The molecule has 1 aromatic carbocycles. The number of rotatable bonds is 2. The summed E-state index contributed by atoms with van der Waals surface area (Å²) in [5, 5.41) is 0. The van der Waals surface area contributed by atoms with E-state index in [-0.39, 0.29) is 0 Å². The number of hydrogen-bond acceptors (Lipinski definition) is 3. The van der Waals surface area contributed by atoms with E-state index >= 15 is 0 Å². The van der Waals surface area contributed by atoms with Gasteiger partial charge in [0, 0.05) is 4.90 Å². The quantitative estimate of drug-likeness (QED) is 0.740. The summed E-state index contributed by atoms with van der Waals surface area (Å²) < 4.78 is 10.1. The topological polar surface area (TPSA) is 18.5 Å². The number of methoxy groups -OCH3 is 2. The Morgan fingerprint density at radius 2 is 1.54 bits per heavy atom. The highest BCUT2D eigenvalue weighted by molar-refractivity contribution is 7.80. The van der Waals surface area contributed by atoms with E-state index in [1.54, 1.807) is 14.2 Å². The summed E-state index contributed by atoms with van der Waals surface area (Å²) in [5.74, 6) is 1.44. The second kappa shape index (κ2) is 6.66. The molecule has 0 aliphatic rings. The van der Waals surface area contributed by atoms with Gasteiger partial charge in [0.15, 0.2) is 11.5 Å². The van der Waals surface area contributed by atoms with Crippen LogP contribution in [-0.2, 0) is 0 Å². The van der Waals surface area contributed by atoms with Gasteiger partial charge in [0.25, 0.3) is 0 Å². The Kier molecular flexibility index (Phi) is 6.24. The van der Waals surface area contributed by atoms with Crippen molar-refractivity contribution in [2.45, 2.75) is 18.7 Å². The van der Waals surface area contributed by atoms with Crippen molar-refractivity contribution in [3.05, 3.63) is 18.2 Å². The Bertz CT molecular complexity index is 249. The van der Waals surface area contributed by atoms with Gasteiger partial charge in [-0.05, 0) is 18.2 Å². The molecule has 0 saturated heterocycles. The highest BCUT2D eigenvalue weighted by Crippen LogP contribution is 2.28. The molecule has 1 aromatic rings. The Balaban J connectivity index is 0.000000671. The highest BCUT2D eigenvalue weighted by atomic mass is 32.1. The fraction of sp³-hybridized carbons (Fsp3) is 0.400. The first-order valence-electron chi connectivity index (χ1n) is 4.19.